The molecule has 0 unspecified atom stereocenters. The number of nitrogens with zero attached hydrogens (tertiary/aromatic N) is 2. The first-order valence-corrected chi connectivity index (χ1v) is 8.05. The van der Waals surface area contributed by atoms with Gasteiger partial charge in [-0.15, -0.1) is 0 Å². The molecule has 0 aromatic heterocycles. The number of hydrogen-bond acceptors (Lipinski definition) is 6. The fraction of sp³-hybridized carbons (Fsp3) is 0.364. The quantitative estimate of drug-likeness (QED) is 0.330. The van der Waals surface area contributed by atoms with E-state index in [1.54, 1.807) is 6.07 Å². The lowest BCUT2D eigenvalue weighted by molar-refractivity contribution is -0.385. The molecule has 0 aliphatic heterocycles. The van der Waals surface area contributed by atoms with Crippen molar-refractivity contribution in [2.45, 2.75) is 12.8 Å². The Kier molecular flexibility index (Phi) is 5.73. The highest BCUT2D eigenvalue weighted by atomic mass is 35.7. The minimum Gasteiger partial charge on any atom is -0.487 e. The fourth-order valence-corrected chi connectivity index (χ4v) is 2.29. The maximum absolute atomic E-state index is 10.8. The van der Waals surface area contributed by atoms with E-state index in [2.05, 4.69) is 0 Å². The maximum atomic E-state index is 10.8. The summed E-state index contributed by atoms with van der Waals surface area (Å²) in [6.45, 7) is 0.124. The molecule has 0 bridgehead atoms. The second-order valence-electron chi connectivity index (χ2n) is 3.85. The van der Waals surface area contributed by atoms with Gasteiger partial charge in [0, 0.05) is 16.7 Å². The van der Waals surface area contributed by atoms with E-state index in [0.29, 0.717) is 12.8 Å². The number of rotatable bonds is 7. The molecule has 0 saturated carbocycles. The monoisotopic (exact) mass is 318 g/mol. The van der Waals surface area contributed by atoms with E-state index < -0.39 is 14.0 Å². The van der Waals surface area contributed by atoms with Gasteiger partial charge < -0.3 is 4.74 Å². The third-order valence-corrected chi connectivity index (χ3v) is 3.56. The zero-order valence-corrected chi connectivity index (χ0v) is 11.9. The van der Waals surface area contributed by atoms with Gasteiger partial charge in [-0.2, -0.15) is 5.26 Å². The van der Waals surface area contributed by atoms with Crippen LogP contribution in [0.2, 0.25) is 0 Å². The molecule has 0 N–H and O–H groups in total. The van der Waals surface area contributed by atoms with Gasteiger partial charge in [-0.3, -0.25) is 10.1 Å². The first-order chi connectivity index (χ1) is 9.33. The Morgan fingerprint density at radius 3 is 2.65 bits per heavy atom. The SMILES string of the molecule is N#Cc1ccc(OCCCCS(=O)(=O)Cl)c([N+](=O)[O-])c1. The lowest BCUT2D eigenvalue weighted by Crippen LogP contribution is -2.04. The number of ether oxygens (including phenoxy) is 1. The molecule has 0 amide bonds. The van der Waals surface area contributed by atoms with Crippen LogP contribution in [0.15, 0.2) is 18.2 Å². The van der Waals surface area contributed by atoms with E-state index in [1.165, 1.54) is 12.1 Å². The standard InChI is InChI=1S/C11H11ClN2O5S/c12-20(17,18)6-2-1-5-19-11-4-3-9(8-13)7-10(11)14(15)16/h3-4,7H,1-2,5-6H2. The average molecular weight is 319 g/mol. The summed E-state index contributed by atoms with van der Waals surface area (Å²) in [5.74, 6) is -0.129. The van der Waals surface area contributed by atoms with Crippen molar-refractivity contribution in [2.75, 3.05) is 12.4 Å². The molecule has 1 rings (SSSR count). The van der Waals surface area contributed by atoms with Crippen LogP contribution in [0.25, 0.3) is 0 Å². The van der Waals surface area contributed by atoms with Gasteiger partial charge in [0.1, 0.15) is 0 Å². The predicted molar refractivity (Wildman–Crippen MR) is 72.2 cm³/mol. The largest absolute Gasteiger partial charge is 0.487 e. The van der Waals surface area contributed by atoms with Crippen molar-refractivity contribution >= 4 is 25.4 Å². The smallest absolute Gasteiger partial charge is 0.312 e. The van der Waals surface area contributed by atoms with Crippen LogP contribution in [-0.4, -0.2) is 25.7 Å². The molecule has 0 atom stereocenters. The Bertz CT molecular complexity index is 639. The molecule has 20 heavy (non-hydrogen) atoms. The molecule has 0 fully saturated rings. The minimum atomic E-state index is -3.53. The summed E-state index contributed by atoms with van der Waals surface area (Å²) < 4.78 is 26.6. The maximum Gasteiger partial charge on any atom is 0.312 e. The van der Waals surface area contributed by atoms with Crippen molar-refractivity contribution in [3.63, 3.8) is 0 Å². The van der Waals surface area contributed by atoms with E-state index >= 15 is 0 Å². The molecule has 1 aromatic carbocycles. The molecule has 108 valence electrons. The fourth-order valence-electron chi connectivity index (χ4n) is 1.41. The highest BCUT2D eigenvalue weighted by Crippen LogP contribution is 2.27. The van der Waals surface area contributed by atoms with Crippen LogP contribution < -0.4 is 4.74 Å². The van der Waals surface area contributed by atoms with Gasteiger partial charge in [0.2, 0.25) is 9.05 Å². The summed E-state index contributed by atoms with van der Waals surface area (Å²) in [5, 5.41) is 19.5. The van der Waals surface area contributed by atoms with Crippen molar-refractivity contribution in [3.05, 3.63) is 33.9 Å². The van der Waals surface area contributed by atoms with Crippen LogP contribution in [0.3, 0.4) is 0 Å². The van der Waals surface area contributed by atoms with Crippen molar-refractivity contribution < 1.29 is 18.1 Å². The molecule has 1 aromatic rings. The molecule has 7 nitrogen and oxygen atoms in total. The molecular formula is C11H11ClN2O5S. The highest BCUT2D eigenvalue weighted by Gasteiger charge is 2.16. The molecule has 0 heterocycles. The van der Waals surface area contributed by atoms with E-state index in [9.17, 15) is 18.5 Å². The van der Waals surface area contributed by atoms with Gasteiger partial charge in [0.25, 0.3) is 0 Å². The van der Waals surface area contributed by atoms with Crippen LogP contribution >= 0.6 is 10.7 Å². The number of nitro benzene ring substituents is 1. The van der Waals surface area contributed by atoms with Crippen molar-refractivity contribution in [3.8, 4) is 11.8 Å². The van der Waals surface area contributed by atoms with Crippen LogP contribution in [-0.2, 0) is 9.05 Å². The van der Waals surface area contributed by atoms with Crippen LogP contribution in [0.1, 0.15) is 18.4 Å². The number of halogens is 1. The minimum absolute atomic E-state index is 0.0442. The Labute approximate surface area is 120 Å². The molecule has 9 heteroatoms. The van der Waals surface area contributed by atoms with E-state index in [4.69, 9.17) is 20.7 Å². The number of nitriles is 1. The predicted octanol–water partition coefficient (Wildman–Crippen LogP) is 2.19. The Morgan fingerprint density at radius 1 is 1.40 bits per heavy atom. The summed E-state index contributed by atoms with van der Waals surface area (Å²) in [6.07, 6.45) is 0.693. The zero-order chi connectivity index (χ0) is 15.2. The third kappa shape index (κ3) is 5.42. The van der Waals surface area contributed by atoms with Gasteiger partial charge in [-0.25, -0.2) is 8.42 Å². The molecule has 0 radical (unpaired) electrons. The van der Waals surface area contributed by atoms with Crippen LogP contribution in [0.5, 0.6) is 5.75 Å². The van der Waals surface area contributed by atoms with Crippen LogP contribution in [0.4, 0.5) is 5.69 Å². The lowest BCUT2D eigenvalue weighted by atomic mass is 10.2. The second kappa shape index (κ2) is 7.07. The van der Waals surface area contributed by atoms with Crippen molar-refractivity contribution in [2.24, 2.45) is 0 Å². The second-order valence-corrected chi connectivity index (χ2v) is 6.75. The summed E-state index contributed by atoms with van der Waals surface area (Å²) in [6, 6.07) is 5.68. The summed E-state index contributed by atoms with van der Waals surface area (Å²) in [5.41, 5.74) is -0.133. The van der Waals surface area contributed by atoms with Gasteiger partial charge in [-0.1, -0.05) is 0 Å². The van der Waals surface area contributed by atoms with E-state index in [-0.39, 0.29) is 29.4 Å². The first-order valence-electron chi connectivity index (χ1n) is 5.57. The third-order valence-electron chi connectivity index (χ3n) is 2.32. The Hall–Kier alpha value is -1.85. The lowest BCUT2D eigenvalue weighted by Gasteiger charge is -2.06. The molecule has 0 spiro atoms. The van der Waals surface area contributed by atoms with Gasteiger partial charge >= 0.3 is 5.69 Å². The Balaban J connectivity index is 2.60. The Morgan fingerprint density at radius 2 is 2.10 bits per heavy atom. The number of nitro groups is 1. The van der Waals surface area contributed by atoms with Gasteiger partial charge in [0.05, 0.1) is 28.9 Å². The number of hydrogen-bond donors (Lipinski definition) is 0. The summed E-state index contributed by atoms with van der Waals surface area (Å²) in [7, 11) is 1.51. The van der Waals surface area contributed by atoms with E-state index in [0.717, 1.165) is 6.07 Å². The molecule has 0 saturated heterocycles. The number of unbranched alkanes of at least 4 members (excludes halogenated alkanes) is 1. The molecule has 0 aliphatic rings. The zero-order valence-electron chi connectivity index (χ0n) is 10.3. The highest BCUT2D eigenvalue weighted by molar-refractivity contribution is 8.13. The van der Waals surface area contributed by atoms with Crippen molar-refractivity contribution in [1.82, 2.24) is 0 Å². The number of benzene rings is 1. The normalized spacial score (nSPS) is 10.8. The van der Waals surface area contributed by atoms with Gasteiger partial charge in [-0.05, 0) is 25.0 Å². The van der Waals surface area contributed by atoms with E-state index in [1.807, 2.05) is 0 Å². The average Bonchev–Trinajstić information content (AvgIpc) is 2.37. The topological polar surface area (TPSA) is 110 Å². The van der Waals surface area contributed by atoms with Crippen LogP contribution in [0, 0.1) is 21.4 Å². The summed E-state index contributed by atoms with van der Waals surface area (Å²) >= 11 is 0. The van der Waals surface area contributed by atoms with Crippen molar-refractivity contribution in [1.29, 1.82) is 5.26 Å². The summed E-state index contributed by atoms with van der Waals surface area (Å²) in [4.78, 5) is 10.2. The molecule has 0 aliphatic carbocycles. The molecular weight excluding hydrogens is 308 g/mol. The first kappa shape index (κ1) is 16.2. The van der Waals surface area contributed by atoms with Gasteiger partial charge in [0.15, 0.2) is 5.75 Å².